The summed E-state index contributed by atoms with van der Waals surface area (Å²) >= 11 is 1.63. The van der Waals surface area contributed by atoms with Gasteiger partial charge in [-0.3, -0.25) is 0 Å². The number of anilines is 1. The fraction of sp³-hybridized carbons (Fsp3) is 0.500. The molecule has 3 N–H and O–H groups in total. The maximum Gasteiger partial charge on any atom is 0.215 e. The molecule has 1 aromatic carbocycles. The van der Waals surface area contributed by atoms with Crippen molar-refractivity contribution in [2.45, 2.75) is 24.3 Å². The zero-order valence-corrected chi connectivity index (χ0v) is 12.6. The summed E-state index contributed by atoms with van der Waals surface area (Å²) in [5.41, 5.74) is 6.92. The van der Waals surface area contributed by atoms with Crippen LogP contribution in [0.2, 0.25) is 0 Å². The quantitative estimate of drug-likeness (QED) is 0.783. The molecule has 0 saturated heterocycles. The Labute approximate surface area is 113 Å². The van der Waals surface area contributed by atoms with Crippen LogP contribution in [0.1, 0.15) is 19.4 Å². The highest BCUT2D eigenvalue weighted by Crippen LogP contribution is 2.20. The minimum atomic E-state index is -3.29. The number of rotatable bonds is 6. The maximum atomic E-state index is 11.9. The second-order valence-corrected chi connectivity index (χ2v) is 8.11. The van der Waals surface area contributed by atoms with Crippen molar-refractivity contribution in [2.75, 3.05) is 18.5 Å². The normalized spacial score (nSPS) is 12.6. The molecule has 0 bridgehead atoms. The van der Waals surface area contributed by atoms with Crippen molar-refractivity contribution in [1.29, 1.82) is 0 Å². The summed E-state index contributed by atoms with van der Waals surface area (Å²) in [6, 6.07) is 6.87. The van der Waals surface area contributed by atoms with Crippen molar-refractivity contribution in [3.63, 3.8) is 0 Å². The van der Waals surface area contributed by atoms with E-state index in [2.05, 4.69) is 4.72 Å². The van der Waals surface area contributed by atoms with Crippen LogP contribution in [0.3, 0.4) is 0 Å². The molecule has 0 aliphatic carbocycles. The number of thioether (sulfide) groups is 1. The number of benzene rings is 1. The Kier molecular flexibility index (Phi) is 5.07. The van der Waals surface area contributed by atoms with E-state index in [9.17, 15) is 8.42 Å². The Hall–Kier alpha value is -0.720. The number of hydrogen-bond acceptors (Lipinski definition) is 4. The third-order valence-electron chi connectivity index (χ3n) is 2.61. The SMILES string of the molecule is CSC(C)(C)CNS(=O)(=O)Cc1ccc(N)cc1. The average Bonchev–Trinajstić information content (AvgIpc) is 2.30. The van der Waals surface area contributed by atoms with Crippen LogP contribution in [0, 0.1) is 0 Å². The molecule has 0 aromatic heterocycles. The van der Waals surface area contributed by atoms with Crippen LogP contribution in [-0.4, -0.2) is 26.0 Å². The number of nitrogens with one attached hydrogen (secondary N) is 1. The van der Waals surface area contributed by atoms with Crippen LogP contribution in [0.15, 0.2) is 24.3 Å². The van der Waals surface area contributed by atoms with Gasteiger partial charge in [0.2, 0.25) is 10.0 Å². The fourth-order valence-electron chi connectivity index (χ4n) is 1.24. The third kappa shape index (κ3) is 5.29. The molecule has 0 heterocycles. The molecule has 0 saturated carbocycles. The molecule has 0 unspecified atom stereocenters. The molecular weight excluding hydrogens is 268 g/mol. The summed E-state index contributed by atoms with van der Waals surface area (Å²) in [6.45, 7) is 4.43. The second kappa shape index (κ2) is 5.95. The number of hydrogen-bond donors (Lipinski definition) is 2. The molecule has 1 rings (SSSR count). The van der Waals surface area contributed by atoms with Crippen molar-refractivity contribution in [3.05, 3.63) is 29.8 Å². The van der Waals surface area contributed by atoms with E-state index in [0.717, 1.165) is 5.56 Å². The first-order valence-corrected chi connectivity index (χ1v) is 8.49. The highest BCUT2D eigenvalue weighted by molar-refractivity contribution is 8.00. The first-order chi connectivity index (χ1) is 8.24. The average molecular weight is 288 g/mol. The second-order valence-electron chi connectivity index (χ2n) is 4.79. The van der Waals surface area contributed by atoms with E-state index in [1.54, 1.807) is 36.0 Å². The lowest BCUT2D eigenvalue weighted by atomic mass is 10.2. The van der Waals surface area contributed by atoms with Gasteiger partial charge in [0.05, 0.1) is 5.75 Å². The predicted molar refractivity (Wildman–Crippen MR) is 79.1 cm³/mol. The van der Waals surface area contributed by atoms with E-state index in [1.165, 1.54) is 0 Å². The van der Waals surface area contributed by atoms with Crippen LogP contribution in [0.25, 0.3) is 0 Å². The molecule has 0 atom stereocenters. The lowest BCUT2D eigenvalue weighted by Crippen LogP contribution is -2.36. The molecule has 18 heavy (non-hydrogen) atoms. The lowest BCUT2D eigenvalue weighted by Gasteiger charge is -2.22. The van der Waals surface area contributed by atoms with E-state index in [0.29, 0.717) is 12.2 Å². The summed E-state index contributed by atoms with van der Waals surface area (Å²) < 4.78 is 26.3. The van der Waals surface area contributed by atoms with Crippen LogP contribution >= 0.6 is 11.8 Å². The fourth-order valence-corrected chi connectivity index (χ4v) is 2.86. The van der Waals surface area contributed by atoms with Gasteiger partial charge >= 0.3 is 0 Å². The number of nitrogen functional groups attached to an aromatic ring is 1. The Bertz CT molecular complexity index is 481. The first-order valence-electron chi connectivity index (χ1n) is 5.61. The van der Waals surface area contributed by atoms with Crippen molar-refractivity contribution < 1.29 is 8.42 Å². The minimum Gasteiger partial charge on any atom is -0.399 e. The van der Waals surface area contributed by atoms with Gasteiger partial charge in [0.1, 0.15) is 0 Å². The van der Waals surface area contributed by atoms with Crippen molar-refractivity contribution in [1.82, 2.24) is 4.72 Å². The first kappa shape index (κ1) is 15.3. The van der Waals surface area contributed by atoms with Crippen molar-refractivity contribution >= 4 is 27.5 Å². The molecule has 0 aliphatic rings. The van der Waals surface area contributed by atoms with Gasteiger partial charge in [-0.25, -0.2) is 13.1 Å². The molecule has 1 aromatic rings. The summed E-state index contributed by atoms with van der Waals surface area (Å²) in [5, 5.41) is 0. The third-order valence-corrected chi connectivity index (χ3v) is 5.15. The summed E-state index contributed by atoms with van der Waals surface area (Å²) in [4.78, 5) is 0. The van der Waals surface area contributed by atoms with Crippen LogP contribution in [0.4, 0.5) is 5.69 Å². The van der Waals surface area contributed by atoms with Gasteiger partial charge in [-0.1, -0.05) is 12.1 Å². The van der Waals surface area contributed by atoms with E-state index in [1.807, 2.05) is 20.1 Å². The minimum absolute atomic E-state index is 0.0161. The summed E-state index contributed by atoms with van der Waals surface area (Å²) in [5.74, 6) is -0.0161. The van der Waals surface area contributed by atoms with Crippen LogP contribution in [-0.2, 0) is 15.8 Å². The number of sulfonamides is 1. The van der Waals surface area contributed by atoms with Gasteiger partial charge < -0.3 is 5.73 Å². The van der Waals surface area contributed by atoms with Gasteiger partial charge in [-0.05, 0) is 37.8 Å². The highest BCUT2D eigenvalue weighted by atomic mass is 32.2. The van der Waals surface area contributed by atoms with Crippen molar-refractivity contribution in [2.24, 2.45) is 0 Å². The van der Waals surface area contributed by atoms with Gasteiger partial charge in [-0.2, -0.15) is 11.8 Å². The van der Waals surface area contributed by atoms with Crippen LogP contribution < -0.4 is 10.5 Å². The smallest absolute Gasteiger partial charge is 0.215 e. The van der Waals surface area contributed by atoms with Gasteiger partial charge in [-0.15, -0.1) is 0 Å². The predicted octanol–water partition coefficient (Wildman–Crippen LogP) is 1.83. The van der Waals surface area contributed by atoms with Crippen LogP contribution in [0.5, 0.6) is 0 Å². The molecule has 4 nitrogen and oxygen atoms in total. The maximum absolute atomic E-state index is 11.9. The molecular formula is C12H20N2O2S2. The molecule has 0 fully saturated rings. The summed E-state index contributed by atoms with van der Waals surface area (Å²) in [6.07, 6.45) is 1.97. The molecule has 0 amide bonds. The summed E-state index contributed by atoms with van der Waals surface area (Å²) in [7, 11) is -3.29. The standard InChI is InChI=1S/C12H20N2O2S2/c1-12(2,17-3)9-14-18(15,16)8-10-4-6-11(13)7-5-10/h4-7,14H,8-9,13H2,1-3H3. The monoisotopic (exact) mass is 288 g/mol. The lowest BCUT2D eigenvalue weighted by molar-refractivity contribution is 0.570. The van der Waals surface area contributed by atoms with Gasteiger partial charge in [0.25, 0.3) is 0 Å². The Morgan fingerprint density at radius 3 is 2.33 bits per heavy atom. The molecule has 6 heteroatoms. The zero-order valence-electron chi connectivity index (χ0n) is 10.9. The van der Waals surface area contributed by atoms with Gasteiger partial charge in [0.15, 0.2) is 0 Å². The Balaban J connectivity index is 2.63. The van der Waals surface area contributed by atoms with Crippen molar-refractivity contribution in [3.8, 4) is 0 Å². The molecule has 0 aliphatic heterocycles. The van der Waals surface area contributed by atoms with E-state index in [-0.39, 0.29) is 10.5 Å². The molecule has 102 valence electrons. The Morgan fingerprint density at radius 2 is 1.83 bits per heavy atom. The van der Waals surface area contributed by atoms with E-state index < -0.39 is 10.0 Å². The largest absolute Gasteiger partial charge is 0.399 e. The molecule has 0 spiro atoms. The number of nitrogens with two attached hydrogens (primary N) is 1. The van der Waals surface area contributed by atoms with E-state index in [4.69, 9.17) is 5.73 Å². The topological polar surface area (TPSA) is 72.2 Å². The van der Waals surface area contributed by atoms with Gasteiger partial charge in [0, 0.05) is 17.0 Å². The highest BCUT2D eigenvalue weighted by Gasteiger charge is 2.20. The zero-order chi connectivity index (χ0) is 13.8. The molecule has 0 radical (unpaired) electrons. The van der Waals surface area contributed by atoms with E-state index >= 15 is 0 Å². The Morgan fingerprint density at radius 1 is 1.28 bits per heavy atom.